The Kier molecular flexibility index (Phi) is 6.33. The van der Waals surface area contributed by atoms with Gasteiger partial charge in [-0.25, -0.2) is 0 Å². The Morgan fingerprint density at radius 3 is 2.81 bits per heavy atom. The molecule has 0 spiro atoms. The maximum Gasteiger partial charge on any atom is 0.227 e. The number of aromatic nitrogens is 1. The molecule has 4 rings (SSSR count). The summed E-state index contributed by atoms with van der Waals surface area (Å²) in [4.78, 5) is 15.0. The normalized spacial score (nSPS) is 16.2. The Bertz CT molecular complexity index is 1120. The third-order valence-electron chi connectivity index (χ3n) is 6.29. The number of halogens is 1. The van der Waals surface area contributed by atoms with Crippen LogP contribution in [0.5, 0.6) is 0 Å². The van der Waals surface area contributed by atoms with Crippen molar-refractivity contribution < 1.29 is 4.79 Å². The first-order chi connectivity index (χ1) is 15.0. The van der Waals surface area contributed by atoms with Crippen LogP contribution in [-0.4, -0.2) is 33.8 Å². The number of amidine groups is 1. The van der Waals surface area contributed by atoms with Crippen molar-refractivity contribution in [1.29, 1.82) is 5.41 Å². The first-order valence-corrected chi connectivity index (χ1v) is 11.3. The van der Waals surface area contributed by atoms with Gasteiger partial charge in [-0.1, -0.05) is 35.9 Å². The van der Waals surface area contributed by atoms with Crippen LogP contribution in [0.25, 0.3) is 10.9 Å². The first-order valence-electron chi connectivity index (χ1n) is 11.0. The lowest BCUT2D eigenvalue weighted by atomic mass is 10.1. The van der Waals surface area contributed by atoms with E-state index in [4.69, 9.17) is 22.7 Å². The van der Waals surface area contributed by atoms with E-state index in [2.05, 4.69) is 22.5 Å². The Labute approximate surface area is 188 Å². The molecule has 0 bridgehead atoms. The standard InChI is InChI=1S/C25H29ClN4O/c1-2-29-22(15-18-8-9-19(25(27)28)16-23(18)29)11-10-21-7-4-12-30(21)24(31)14-17-5-3-6-20(26)13-17/h3,5-6,8-9,13,15-16,21H,2,4,7,10-12,14H2,1H3,(H3,27,28)/t21-/m0/s1. The molecule has 3 N–H and O–H groups in total. The number of rotatable bonds is 7. The van der Waals surface area contributed by atoms with Gasteiger partial charge < -0.3 is 15.2 Å². The molecule has 1 aliphatic heterocycles. The Hall–Kier alpha value is -2.79. The molecule has 0 unspecified atom stereocenters. The molecule has 31 heavy (non-hydrogen) atoms. The summed E-state index contributed by atoms with van der Waals surface area (Å²) in [5.41, 5.74) is 9.79. The topological polar surface area (TPSA) is 75.1 Å². The number of likely N-dealkylation sites (tertiary alicyclic amines) is 1. The molecule has 0 aliphatic carbocycles. The fraction of sp³-hybridized carbons (Fsp3) is 0.360. The highest BCUT2D eigenvalue weighted by Crippen LogP contribution is 2.27. The summed E-state index contributed by atoms with van der Waals surface area (Å²) in [6, 6.07) is 16.0. The van der Waals surface area contributed by atoms with Crippen LogP contribution in [0.4, 0.5) is 0 Å². The third kappa shape index (κ3) is 4.62. The molecule has 2 aromatic carbocycles. The van der Waals surface area contributed by atoms with Gasteiger partial charge in [0, 0.05) is 40.9 Å². The zero-order chi connectivity index (χ0) is 22.0. The number of aryl methyl sites for hydroxylation is 2. The molecule has 2 heterocycles. The summed E-state index contributed by atoms with van der Waals surface area (Å²) >= 11 is 6.08. The van der Waals surface area contributed by atoms with Crippen molar-refractivity contribution in [1.82, 2.24) is 9.47 Å². The molecule has 1 aromatic heterocycles. The van der Waals surface area contributed by atoms with Gasteiger partial charge in [-0.2, -0.15) is 0 Å². The van der Waals surface area contributed by atoms with Gasteiger partial charge in [0.25, 0.3) is 0 Å². The highest BCUT2D eigenvalue weighted by molar-refractivity contribution is 6.30. The van der Waals surface area contributed by atoms with E-state index in [0.29, 0.717) is 11.4 Å². The van der Waals surface area contributed by atoms with E-state index >= 15 is 0 Å². The minimum absolute atomic E-state index is 0.0899. The molecule has 1 aliphatic rings. The molecule has 1 atom stereocenters. The number of hydrogen-bond acceptors (Lipinski definition) is 2. The van der Waals surface area contributed by atoms with Crippen LogP contribution >= 0.6 is 11.6 Å². The molecule has 162 valence electrons. The first kappa shape index (κ1) is 21.4. The number of nitrogens with two attached hydrogens (primary N) is 1. The smallest absolute Gasteiger partial charge is 0.227 e. The Morgan fingerprint density at radius 1 is 1.23 bits per heavy atom. The van der Waals surface area contributed by atoms with Crippen LogP contribution in [0.3, 0.4) is 0 Å². The van der Waals surface area contributed by atoms with Crippen LogP contribution in [0.1, 0.15) is 43.0 Å². The third-order valence-corrected chi connectivity index (χ3v) is 6.53. The van der Waals surface area contributed by atoms with Crippen LogP contribution in [0, 0.1) is 5.41 Å². The van der Waals surface area contributed by atoms with E-state index in [0.717, 1.165) is 55.4 Å². The summed E-state index contributed by atoms with van der Waals surface area (Å²) in [7, 11) is 0. The van der Waals surface area contributed by atoms with Gasteiger partial charge in [-0.05, 0) is 67.8 Å². The predicted octanol–water partition coefficient (Wildman–Crippen LogP) is 4.76. The highest BCUT2D eigenvalue weighted by Gasteiger charge is 2.28. The fourth-order valence-electron chi connectivity index (χ4n) is 4.76. The van der Waals surface area contributed by atoms with Gasteiger partial charge in [-0.3, -0.25) is 10.2 Å². The number of amides is 1. The van der Waals surface area contributed by atoms with E-state index in [-0.39, 0.29) is 17.8 Å². The van der Waals surface area contributed by atoms with Crippen molar-refractivity contribution >= 4 is 34.2 Å². The maximum atomic E-state index is 13.0. The van der Waals surface area contributed by atoms with E-state index in [1.807, 2.05) is 42.5 Å². The largest absolute Gasteiger partial charge is 0.384 e. The van der Waals surface area contributed by atoms with E-state index < -0.39 is 0 Å². The van der Waals surface area contributed by atoms with Gasteiger partial charge in [-0.15, -0.1) is 0 Å². The average molecular weight is 437 g/mol. The molecule has 1 amide bonds. The highest BCUT2D eigenvalue weighted by atomic mass is 35.5. The SMILES string of the molecule is CCn1c(CC[C@@H]2CCCN2C(=O)Cc2cccc(Cl)c2)cc2ccc(C(=N)N)cc21. The second-order valence-corrected chi connectivity index (χ2v) is 8.73. The predicted molar refractivity (Wildman–Crippen MR) is 127 cm³/mol. The maximum absolute atomic E-state index is 13.0. The van der Waals surface area contributed by atoms with E-state index in [1.54, 1.807) is 0 Å². The van der Waals surface area contributed by atoms with Crippen LogP contribution < -0.4 is 5.73 Å². The van der Waals surface area contributed by atoms with Crippen molar-refractivity contribution in [2.24, 2.45) is 5.73 Å². The summed E-state index contributed by atoms with van der Waals surface area (Å²) in [6.45, 7) is 3.84. The minimum atomic E-state index is 0.0899. The second kappa shape index (κ2) is 9.15. The number of hydrogen-bond donors (Lipinski definition) is 2. The summed E-state index contributed by atoms with van der Waals surface area (Å²) in [5.74, 6) is 0.277. The molecule has 3 aromatic rings. The molecule has 1 saturated heterocycles. The number of nitrogen functional groups attached to an aromatic ring is 1. The van der Waals surface area contributed by atoms with Crippen molar-refractivity contribution in [3.05, 3.63) is 70.4 Å². The fourth-order valence-corrected chi connectivity index (χ4v) is 4.97. The van der Waals surface area contributed by atoms with Crippen molar-refractivity contribution in [2.45, 2.75) is 51.6 Å². The summed E-state index contributed by atoms with van der Waals surface area (Å²) in [5, 5.41) is 9.56. The van der Waals surface area contributed by atoms with Gasteiger partial charge in [0.05, 0.1) is 6.42 Å². The number of carbonyl (C=O) groups is 1. The number of nitrogens with one attached hydrogen (secondary N) is 1. The molecule has 0 saturated carbocycles. The van der Waals surface area contributed by atoms with Crippen LogP contribution in [0.2, 0.25) is 5.02 Å². The lowest BCUT2D eigenvalue weighted by molar-refractivity contribution is -0.131. The van der Waals surface area contributed by atoms with Gasteiger partial charge in [0.2, 0.25) is 5.91 Å². The zero-order valence-electron chi connectivity index (χ0n) is 17.9. The Morgan fingerprint density at radius 2 is 2.06 bits per heavy atom. The minimum Gasteiger partial charge on any atom is -0.384 e. The van der Waals surface area contributed by atoms with Crippen molar-refractivity contribution in [3.63, 3.8) is 0 Å². The van der Waals surface area contributed by atoms with Crippen molar-refractivity contribution in [3.8, 4) is 0 Å². The van der Waals surface area contributed by atoms with Gasteiger partial charge in [0.1, 0.15) is 5.84 Å². The van der Waals surface area contributed by atoms with Gasteiger partial charge in [0.15, 0.2) is 0 Å². The van der Waals surface area contributed by atoms with E-state index in [1.165, 1.54) is 11.1 Å². The van der Waals surface area contributed by atoms with Crippen LogP contribution in [0.15, 0.2) is 48.5 Å². The summed E-state index contributed by atoms with van der Waals surface area (Å²) in [6.07, 6.45) is 4.40. The number of benzene rings is 2. The molecule has 0 radical (unpaired) electrons. The van der Waals surface area contributed by atoms with Crippen molar-refractivity contribution in [2.75, 3.05) is 6.54 Å². The quantitative estimate of drug-likeness (QED) is 0.413. The molecular weight excluding hydrogens is 408 g/mol. The molecule has 1 fully saturated rings. The molecule has 6 heteroatoms. The number of fused-ring (bicyclic) bond motifs is 1. The lowest BCUT2D eigenvalue weighted by Gasteiger charge is -2.25. The number of carbonyl (C=O) groups excluding carboxylic acids is 1. The molecule has 5 nitrogen and oxygen atoms in total. The average Bonchev–Trinajstić information content (AvgIpc) is 3.35. The molecular formula is C25H29ClN4O. The van der Waals surface area contributed by atoms with Gasteiger partial charge >= 0.3 is 0 Å². The zero-order valence-corrected chi connectivity index (χ0v) is 18.7. The number of nitrogens with zero attached hydrogens (tertiary/aromatic N) is 2. The van der Waals surface area contributed by atoms with E-state index in [9.17, 15) is 4.79 Å². The summed E-state index contributed by atoms with van der Waals surface area (Å²) < 4.78 is 2.30. The lowest BCUT2D eigenvalue weighted by Crippen LogP contribution is -2.36. The Balaban J connectivity index is 1.47. The second-order valence-electron chi connectivity index (χ2n) is 8.30. The monoisotopic (exact) mass is 436 g/mol. The van der Waals surface area contributed by atoms with Crippen LogP contribution in [-0.2, 0) is 24.2 Å².